The largest absolute Gasteiger partial charge is 0.485 e. The average Bonchev–Trinajstić information content (AvgIpc) is 2.42. The Bertz CT molecular complexity index is 659. The average molecular weight is 353 g/mol. The van der Waals surface area contributed by atoms with Crippen LogP contribution in [-0.4, -0.2) is 0 Å². The first kappa shape index (κ1) is 13.9. The molecule has 2 unspecified atom stereocenters. The highest BCUT2D eigenvalue weighted by molar-refractivity contribution is 9.10. The number of ether oxygens (including phenoxy) is 1. The fourth-order valence-corrected chi connectivity index (χ4v) is 3.06. The second-order valence-corrected chi connectivity index (χ2v) is 6.46. The summed E-state index contributed by atoms with van der Waals surface area (Å²) in [6.07, 6.45) is 0.708. The van der Waals surface area contributed by atoms with Crippen molar-refractivity contribution in [3.63, 3.8) is 0 Å². The van der Waals surface area contributed by atoms with E-state index >= 15 is 0 Å². The van der Waals surface area contributed by atoms with Crippen LogP contribution in [0.5, 0.6) is 5.75 Å². The third kappa shape index (κ3) is 2.58. The molecule has 4 heteroatoms. The van der Waals surface area contributed by atoms with Gasteiger partial charge >= 0.3 is 0 Å². The number of halogens is 2. The summed E-state index contributed by atoms with van der Waals surface area (Å²) in [5.41, 5.74) is 9.47. The zero-order valence-corrected chi connectivity index (χ0v) is 13.4. The maximum absolute atomic E-state index is 6.28. The van der Waals surface area contributed by atoms with Gasteiger partial charge in [0, 0.05) is 27.5 Å². The lowest BCUT2D eigenvalue weighted by Gasteiger charge is -2.31. The van der Waals surface area contributed by atoms with E-state index in [9.17, 15) is 0 Å². The molecular weight excluding hydrogens is 338 g/mol. The van der Waals surface area contributed by atoms with Crippen LogP contribution in [0, 0.1) is 6.92 Å². The number of nitrogens with two attached hydrogens (primary N) is 1. The summed E-state index contributed by atoms with van der Waals surface area (Å²) in [5.74, 6) is 0.855. The monoisotopic (exact) mass is 351 g/mol. The van der Waals surface area contributed by atoms with E-state index in [0.717, 1.165) is 38.4 Å². The Morgan fingerprint density at radius 3 is 2.80 bits per heavy atom. The van der Waals surface area contributed by atoms with Gasteiger partial charge in [0.2, 0.25) is 0 Å². The minimum atomic E-state index is -0.0447. The molecule has 2 atom stereocenters. The van der Waals surface area contributed by atoms with Crippen molar-refractivity contribution in [1.29, 1.82) is 0 Å². The van der Waals surface area contributed by atoms with Crippen molar-refractivity contribution < 1.29 is 4.74 Å². The first-order valence-corrected chi connectivity index (χ1v) is 7.69. The van der Waals surface area contributed by atoms with Crippen LogP contribution < -0.4 is 10.5 Å². The zero-order valence-electron chi connectivity index (χ0n) is 11.1. The smallest absolute Gasteiger partial charge is 0.126 e. The van der Waals surface area contributed by atoms with Crippen LogP contribution in [0.15, 0.2) is 40.9 Å². The predicted octanol–water partition coefficient (Wildman–Crippen LogP) is 4.93. The second-order valence-electron chi connectivity index (χ2n) is 5.14. The molecule has 3 rings (SSSR count). The van der Waals surface area contributed by atoms with Gasteiger partial charge in [0.25, 0.3) is 0 Å². The van der Waals surface area contributed by atoms with Crippen LogP contribution in [0.2, 0.25) is 5.02 Å². The maximum atomic E-state index is 6.28. The van der Waals surface area contributed by atoms with E-state index in [2.05, 4.69) is 22.0 Å². The number of aryl methyl sites for hydroxylation is 1. The normalized spacial score (nSPS) is 21.2. The minimum absolute atomic E-state index is 0.0265. The second kappa shape index (κ2) is 5.40. The Hall–Kier alpha value is -1.03. The Balaban J connectivity index is 1.94. The predicted molar refractivity (Wildman–Crippen MR) is 85.2 cm³/mol. The molecular formula is C16H15BrClNO. The molecule has 2 nitrogen and oxygen atoms in total. The van der Waals surface area contributed by atoms with Gasteiger partial charge in [-0.25, -0.2) is 0 Å². The quantitative estimate of drug-likeness (QED) is 0.789. The van der Waals surface area contributed by atoms with Gasteiger partial charge in [-0.3, -0.25) is 0 Å². The van der Waals surface area contributed by atoms with E-state index in [1.807, 2.05) is 37.3 Å². The number of fused-ring (bicyclic) bond motifs is 1. The van der Waals surface area contributed by atoms with Gasteiger partial charge in [0.1, 0.15) is 11.9 Å². The summed E-state index contributed by atoms with van der Waals surface area (Å²) in [5, 5.41) is 0.765. The van der Waals surface area contributed by atoms with Gasteiger partial charge in [-0.15, -0.1) is 0 Å². The van der Waals surface area contributed by atoms with Crippen LogP contribution in [0.4, 0.5) is 0 Å². The van der Waals surface area contributed by atoms with E-state index in [1.54, 1.807) is 0 Å². The van der Waals surface area contributed by atoms with E-state index < -0.39 is 0 Å². The van der Waals surface area contributed by atoms with Crippen LogP contribution in [0.1, 0.15) is 35.3 Å². The third-order valence-electron chi connectivity index (χ3n) is 3.68. The molecule has 0 radical (unpaired) electrons. The van der Waals surface area contributed by atoms with Crippen LogP contribution >= 0.6 is 27.5 Å². The molecule has 1 heterocycles. The third-order valence-corrected chi connectivity index (χ3v) is 4.58. The number of benzene rings is 2. The Morgan fingerprint density at radius 1 is 1.25 bits per heavy atom. The molecule has 0 bridgehead atoms. The summed E-state index contributed by atoms with van der Waals surface area (Å²) in [7, 11) is 0. The van der Waals surface area contributed by atoms with Gasteiger partial charge in [-0.1, -0.05) is 39.7 Å². The Kier molecular flexibility index (Phi) is 3.76. The van der Waals surface area contributed by atoms with Gasteiger partial charge in [-0.2, -0.15) is 0 Å². The number of hydrogen-bond donors (Lipinski definition) is 1. The maximum Gasteiger partial charge on any atom is 0.126 e. The Labute approximate surface area is 132 Å². The zero-order chi connectivity index (χ0) is 14.3. The molecule has 0 fully saturated rings. The van der Waals surface area contributed by atoms with Crippen molar-refractivity contribution in [2.45, 2.75) is 25.5 Å². The van der Waals surface area contributed by atoms with Gasteiger partial charge < -0.3 is 10.5 Å². The molecule has 0 spiro atoms. The summed E-state index contributed by atoms with van der Waals surface area (Å²) < 4.78 is 7.10. The first-order chi connectivity index (χ1) is 9.54. The van der Waals surface area contributed by atoms with E-state index in [4.69, 9.17) is 22.1 Å². The fourth-order valence-electron chi connectivity index (χ4n) is 2.49. The molecule has 2 N–H and O–H groups in total. The summed E-state index contributed by atoms with van der Waals surface area (Å²) >= 11 is 9.66. The molecule has 0 aliphatic carbocycles. The van der Waals surface area contributed by atoms with E-state index in [-0.39, 0.29) is 12.1 Å². The number of hydrogen-bond acceptors (Lipinski definition) is 2. The molecule has 104 valence electrons. The van der Waals surface area contributed by atoms with Crippen LogP contribution in [0.3, 0.4) is 0 Å². The lowest BCUT2D eigenvalue weighted by molar-refractivity contribution is 0.161. The van der Waals surface area contributed by atoms with Crippen molar-refractivity contribution in [3.05, 3.63) is 62.6 Å². The summed E-state index contributed by atoms with van der Waals surface area (Å²) in [6.45, 7) is 1.99. The van der Waals surface area contributed by atoms with Crippen molar-refractivity contribution in [2.75, 3.05) is 0 Å². The molecule has 0 aromatic heterocycles. The lowest BCUT2D eigenvalue weighted by atomic mass is 9.93. The van der Waals surface area contributed by atoms with Gasteiger partial charge in [0.15, 0.2) is 0 Å². The highest BCUT2D eigenvalue weighted by atomic mass is 79.9. The Morgan fingerprint density at radius 2 is 2.05 bits per heavy atom. The summed E-state index contributed by atoms with van der Waals surface area (Å²) in [6, 6.07) is 12.0. The molecule has 2 aromatic carbocycles. The molecule has 0 amide bonds. The topological polar surface area (TPSA) is 35.2 Å². The van der Waals surface area contributed by atoms with Crippen molar-refractivity contribution in [3.8, 4) is 5.75 Å². The van der Waals surface area contributed by atoms with E-state index in [0.29, 0.717) is 0 Å². The van der Waals surface area contributed by atoms with Crippen molar-refractivity contribution in [1.82, 2.24) is 0 Å². The molecule has 0 saturated heterocycles. The standard InChI is InChI=1S/C16H15BrClNO/c1-9-2-3-10(6-13(9)18)16-8-14(19)12-7-11(17)4-5-15(12)20-16/h2-7,14,16H,8,19H2,1H3. The number of rotatable bonds is 1. The molecule has 0 saturated carbocycles. The van der Waals surface area contributed by atoms with Crippen LogP contribution in [0.25, 0.3) is 0 Å². The highest BCUT2D eigenvalue weighted by Gasteiger charge is 2.27. The molecule has 20 heavy (non-hydrogen) atoms. The van der Waals surface area contributed by atoms with Gasteiger partial charge in [-0.05, 0) is 42.3 Å². The minimum Gasteiger partial charge on any atom is -0.485 e. The summed E-state index contributed by atoms with van der Waals surface area (Å²) in [4.78, 5) is 0. The molecule has 1 aliphatic heterocycles. The SMILES string of the molecule is Cc1ccc(C2CC(N)c3cc(Br)ccc3O2)cc1Cl. The fraction of sp³-hybridized carbons (Fsp3) is 0.250. The first-order valence-electron chi connectivity index (χ1n) is 6.52. The highest BCUT2D eigenvalue weighted by Crippen LogP contribution is 2.41. The van der Waals surface area contributed by atoms with Crippen molar-refractivity contribution >= 4 is 27.5 Å². The van der Waals surface area contributed by atoms with E-state index in [1.165, 1.54) is 0 Å². The molecule has 2 aromatic rings. The van der Waals surface area contributed by atoms with Gasteiger partial charge in [0.05, 0.1) is 0 Å². The molecule has 1 aliphatic rings. The lowest BCUT2D eigenvalue weighted by Crippen LogP contribution is -2.24. The van der Waals surface area contributed by atoms with Crippen LogP contribution in [-0.2, 0) is 0 Å². The van der Waals surface area contributed by atoms with Crippen molar-refractivity contribution in [2.24, 2.45) is 5.73 Å².